The van der Waals surface area contributed by atoms with Crippen LogP contribution in [-0.4, -0.2) is 19.3 Å². The molecule has 0 spiro atoms. The van der Waals surface area contributed by atoms with Gasteiger partial charge in [0.1, 0.15) is 6.10 Å². The first-order valence-electron chi connectivity index (χ1n) is 10.7. The molecule has 0 amide bonds. The molecule has 0 aromatic heterocycles. The summed E-state index contributed by atoms with van der Waals surface area (Å²) in [6.45, 7) is 5.82. The van der Waals surface area contributed by atoms with Crippen molar-refractivity contribution >= 4 is 0 Å². The van der Waals surface area contributed by atoms with E-state index >= 15 is 0 Å². The molecule has 1 heterocycles. The molecule has 2 atom stereocenters. The van der Waals surface area contributed by atoms with Gasteiger partial charge in [-0.3, -0.25) is 0 Å². The van der Waals surface area contributed by atoms with Gasteiger partial charge in [-0.25, -0.2) is 0 Å². The third-order valence-corrected chi connectivity index (χ3v) is 5.47. The highest BCUT2D eigenvalue weighted by atomic mass is 16.6. The van der Waals surface area contributed by atoms with E-state index in [1.54, 1.807) is 0 Å². The third-order valence-electron chi connectivity index (χ3n) is 5.47. The van der Waals surface area contributed by atoms with Crippen molar-refractivity contribution < 1.29 is 9.47 Å². The zero-order chi connectivity index (χ0) is 18.9. The molecule has 1 saturated heterocycles. The predicted octanol–water partition coefficient (Wildman–Crippen LogP) is 6.73. The lowest BCUT2D eigenvalue weighted by Crippen LogP contribution is -2.30. The van der Waals surface area contributed by atoms with Crippen LogP contribution in [0.15, 0.2) is 48.5 Å². The molecule has 0 saturated carbocycles. The van der Waals surface area contributed by atoms with Gasteiger partial charge in [0.05, 0.1) is 19.3 Å². The Hall–Kier alpha value is -1.64. The van der Waals surface area contributed by atoms with Crippen LogP contribution >= 0.6 is 0 Å². The van der Waals surface area contributed by atoms with Gasteiger partial charge in [-0.1, -0.05) is 88.1 Å². The number of rotatable bonds is 9. The lowest BCUT2D eigenvalue weighted by molar-refractivity contribution is -0.137. The summed E-state index contributed by atoms with van der Waals surface area (Å²) in [7, 11) is 0. The zero-order valence-corrected chi connectivity index (χ0v) is 17.0. The van der Waals surface area contributed by atoms with Gasteiger partial charge in [-0.15, -0.1) is 0 Å². The van der Waals surface area contributed by atoms with E-state index in [0.29, 0.717) is 13.2 Å². The quantitative estimate of drug-likeness (QED) is 0.458. The Morgan fingerprint density at radius 2 is 1.44 bits per heavy atom. The molecule has 2 aromatic rings. The lowest BCUT2D eigenvalue weighted by Gasteiger charge is -2.29. The fourth-order valence-electron chi connectivity index (χ4n) is 3.73. The molecule has 0 aliphatic carbocycles. The summed E-state index contributed by atoms with van der Waals surface area (Å²) in [6, 6.07) is 17.8. The second-order valence-corrected chi connectivity index (χ2v) is 7.70. The number of aryl methyl sites for hydroxylation is 1. The summed E-state index contributed by atoms with van der Waals surface area (Å²) in [6.07, 6.45) is 9.04. The summed E-state index contributed by atoms with van der Waals surface area (Å²) in [5, 5.41) is 0. The van der Waals surface area contributed by atoms with Crippen LogP contribution in [0.25, 0.3) is 11.1 Å². The van der Waals surface area contributed by atoms with Crippen LogP contribution < -0.4 is 0 Å². The molecule has 0 bridgehead atoms. The van der Waals surface area contributed by atoms with Crippen LogP contribution in [0.5, 0.6) is 0 Å². The molecule has 0 N–H and O–H groups in total. The normalized spacial score (nSPS) is 19.9. The number of hydrogen-bond donors (Lipinski definition) is 0. The van der Waals surface area contributed by atoms with Gasteiger partial charge in [-0.2, -0.15) is 0 Å². The SMILES string of the molecule is CCCCCCc1ccc(-c2ccc([C@H]3CO[C@H](CCC)CO3)cc2)cc1. The van der Waals surface area contributed by atoms with Crippen molar-refractivity contribution in [1.82, 2.24) is 0 Å². The number of hydrogen-bond acceptors (Lipinski definition) is 2. The summed E-state index contributed by atoms with van der Waals surface area (Å²) < 4.78 is 12.0. The van der Waals surface area contributed by atoms with Crippen LogP contribution in [0.2, 0.25) is 0 Å². The van der Waals surface area contributed by atoms with Gasteiger partial charge in [0.15, 0.2) is 0 Å². The Kier molecular flexibility index (Phi) is 7.92. The van der Waals surface area contributed by atoms with Gasteiger partial charge < -0.3 is 9.47 Å². The minimum absolute atomic E-state index is 0.0673. The Labute approximate surface area is 164 Å². The van der Waals surface area contributed by atoms with E-state index in [1.165, 1.54) is 54.4 Å². The predicted molar refractivity (Wildman–Crippen MR) is 113 cm³/mol. The highest BCUT2D eigenvalue weighted by molar-refractivity contribution is 5.64. The molecule has 2 heteroatoms. The van der Waals surface area contributed by atoms with Crippen LogP contribution in [0, 0.1) is 0 Å². The van der Waals surface area contributed by atoms with Crippen molar-refractivity contribution in [2.45, 2.75) is 71.0 Å². The Bertz CT molecular complexity index is 652. The van der Waals surface area contributed by atoms with E-state index in [1.807, 2.05) is 0 Å². The maximum Gasteiger partial charge on any atom is 0.106 e. The molecule has 0 radical (unpaired) electrons. The minimum Gasteiger partial charge on any atom is -0.373 e. The highest BCUT2D eigenvalue weighted by Gasteiger charge is 2.22. The summed E-state index contributed by atoms with van der Waals surface area (Å²) in [5.74, 6) is 0. The second kappa shape index (κ2) is 10.6. The topological polar surface area (TPSA) is 18.5 Å². The smallest absolute Gasteiger partial charge is 0.106 e. The van der Waals surface area contributed by atoms with E-state index < -0.39 is 0 Å². The molecule has 0 unspecified atom stereocenters. The third kappa shape index (κ3) is 5.92. The fraction of sp³-hybridized carbons (Fsp3) is 0.520. The van der Waals surface area contributed by atoms with Crippen molar-refractivity contribution in [2.24, 2.45) is 0 Å². The maximum absolute atomic E-state index is 6.02. The summed E-state index contributed by atoms with van der Waals surface area (Å²) >= 11 is 0. The van der Waals surface area contributed by atoms with E-state index in [9.17, 15) is 0 Å². The fourth-order valence-corrected chi connectivity index (χ4v) is 3.73. The number of unbranched alkanes of at least 4 members (excludes halogenated alkanes) is 3. The van der Waals surface area contributed by atoms with Gasteiger partial charge in [0.25, 0.3) is 0 Å². The van der Waals surface area contributed by atoms with E-state index in [-0.39, 0.29) is 12.2 Å². The van der Waals surface area contributed by atoms with Crippen molar-refractivity contribution in [3.8, 4) is 11.1 Å². The molecule has 1 aliphatic heterocycles. The van der Waals surface area contributed by atoms with Crippen LogP contribution in [-0.2, 0) is 15.9 Å². The molecule has 2 aromatic carbocycles. The largest absolute Gasteiger partial charge is 0.373 e. The minimum atomic E-state index is 0.0673. The Morgan fingerprint density at radius 3 is 2.04 bits per heavy atom. The van der Waals surface area contributed by atoms with Gasteiger partial charge >= 0.3 is 0 Å². The van der Waals surface area contributed by atoms with Gasteiger partial charge in [0.2, 0.25) is 0 Å². The van der Waals surface area contributed by atoms with Crippen LogP contribution in [0.4, 0.5) is 0 Å². The first-order valence-corrected chi connectivity index (χ1v) is 10.7. The Morgan fingerprint density at radius 1 is 0.741 bits per heavy atom. The van der Waals surface area contributed by atoms with E-state index in [4.69, 9.17) is 9.47 Å². The van der Waals surface area contributed by atoms with Crippen molar-refractivity contribution in [1.29, 1.82) is 0 Å². The van der Waals surface area contributed by atoms with E-state index in [0.717, 1.165) is 12.8 Å². The molecule has 1 aliphatic rings. The molecular weight excluding hydrogens is 332 g/mol. The Balaban J connectivity index is 1.54. The summed E-state index contributed by atoms with van der Waals surface area (Å²) in [4.78, 5) is 0. The molecule has 2 nitrogen and oxygen atoms in total. The maximum atomic E-state index is 6.02. The van der Waals surface area contributed by atoms with E-state index in [2.05, 4.69) is 62.4 Å². The summed E-state index contributed by atoms with van der Waals surface area (Å²) in [5.41, 5.74) is 5.20. The molecule has 146 valence electrons. The first kappa shape index (κ1) is 20.1. The molecule has 3 rings (SSSR count). The average Bonchev–Trinajstić information content (AvgIpc) is 2.73. The molecule has 27 heavy (non-hydrogen) atoms. The number of benzene rings is 2. The van der Waals surface area contributed by atoms with Crippen molar-refractivity contribution in [3.05, 3.63) is 59.7 Å². The van der Waals surface area contributed by atoms with Crippen molar-refractivity contribution in [2.75, 3.05) is 13.2 Å². The van der Waals surface area contributed by atoms with Gasteiger partial charge in [0, 0.05) is 0 Å². The molecular formula is C25H34O2. The highest BCUT2D eigenvalue weighted by Crippen LogP contribution is 2.27. The number of ether oxygens (including phenoxy) is 2. The van der Waals surface area contributed by atoms with Crippen LogP contribution in [0.3, 0.4) is 0 Å². The standard InChI is InChI=1S/C25H34O2/c1-3-5-6-7-9-20-10-12-21(13-11-20)22-14-16-23(17-15-22)25-19-26-24(8-4-2)18-27-25/h10-17,24-25H,3-9,18-19H2,1-2H3/t24-,25-/m1/s1. The van der Waals surface area contributed by atoms with Gasteiger partial charge in [-0.05, 0) is 41.5 Å². The average molecular weight is 367 g/mol. The molecule has 1 fully saturated rings. The monoisotopic (exact) mass is 366 g/mol. The zero-order valence-electron chi connectivity index (χ0n) is 17.0. The first-order chi connectivity index (χ1) is 13.3. The van der Waals surface area contributed by atoms with Crippen molar-refractivity contribution in [3.63, 3.8) is 0 Å². The second-order valence-electron chi connectivity index (χ2n) is 7.70. The van der Waals surface area contributed by atoms with Crippen LogP contribution in [0.1, 0.15) is 69.6 Å². The lowest BCUT2D eigenvalue weighted by atomic mass is 9.99.